The fraction of sp³-hybridized carbons (Fsp3) is 0.350. The molecular formula is C20H27ClN3O3S+. The Balaban J connectivity index is 1.99. The van der Waals surface area contributed by atoms with E-state index in [2.05, 4.69) is 10.0 Å². The molecule has 0 heterocycles. The fourth-order valence-corrected chi connectivity index (χ4v) is 4.38. The molecule has 0 bridgehead atoms. The predicted octanol–water partition coefficient (Wildman–Crippen LogP) is 2.68. The molecule has 0 saturated carbocycles. The maximum atomic E-state index is 12.5. The van der Waals surface area contributed by atoms with E-state index in [-0.39, 0.29) is 28.9 Å². The highest BCUT2D eigenvalue weighted by Gasteiger charge is 2.22. The number of carbonyl (C=O) groups excluding carboxylic acids is 1. The van der Waals surface area contributed by atoms with Gasteiger partial charge in [0.2, 0.25) is 10.0 Å². The standard InChI is InChI=1S/C20H26ClN3O3S/c1-13(2)24-28(26,27)17-11-9-16(10-12-17)23-20(25)15(4)22-14(3)18-7-5-6-8-19(18)21/h5-15,22,24H,1-4H3,(H,23,25)/p+1/t14-,15-/m1/s1. The Morgan fingerprint density at radius 1 is 1.00 bits per heavy atom. The maximum Gasteiger partial charge on any atom is 0.282 e. The van der Waals surface area contributed by atoms with E-state index in [0.717, 1.165) is 5.56 Å². The third-order valence-corrected chi connectivity index (χ3v) is 6.23. The molecular weight excluding hydrogens is 398 g/mol. The summed E-state index contributed by atoms with van der Waals surface area (Å²) in [6.45, 7) is 7.32. The van der Waals surface area contributed by atoms with Gasteiger partial charge in [0.25, 0.3) is 5.91 Å². The van der Waals surface area contributed by atoms with Crippen molar-refractivity contribution in [1.82, 2.24) is 4.72 Å². The molecule has 152 valence electrons. The number of carbonyl (C=O) groups is 1. The van der Waals surface area contributed by atoms with Crippen LogP contribution in [0, 0.1) is 0 Å². The van der Waals surface area contributed by atoms with Gasteiger partial charge in [-0.3, -0.25) is 4.79 Å². The zero-order chi connectivity index (χ0) is 20.9. The van der Waals surface area contributed by atoms with Gasteiger partial charge in [0.05, 0.1) is 4.90 Å². The number of benzene rings is 2. The molecule has 0 saturated heterocycles. The molecule has 0 aliphatic rings. The zero-order valence-electron chi connectivity index (χ0n) is 16.4. The number of hydrogen-bond donors (Lipinski definition) is 3. The van der Waals surface area contributed by atoms with Crippen LogP contribution in [0.3, 0.4) is 0 Å². The van der Waals surface area contributed by atoms with Crippen LogP contribution in [0.15, 0.2) is 53.4 Å². The van der Waals surface area contributed by atoms with Gasteiger partial charge in [0.15, 0.2) is 6.04 Å². The number of nitrogens with two attached hydrogens (primary N) is 1. The van der Waals surface area contributed by atoms with Gasteiger partial charge in [-0.05, 0) is 58.0 Å². The van der Waals surface area contributed by atoms with Crippen molar-refractivity contribution >= 4 is 33.2 Å². The summed E-state index contributed by atoms with van der Waals surface area (Å²) in [6.07, 6.45) is 0. The summed E-state index contributed by atoms with van der Waals surface area (Å²) in [5.74, 6) is -0.171. The van der Waals surface area contributed by atoms with Crippen LogP contribution in [0.2, 0.25) is 5.02 Å². The fourth-order valence-electron chi connectivity index (χ4n) is 2.82. The summed E-state index contributed by atoms with van der Waals surface area (Å²) in [5, 5.41) is 5.42. The molecule has 0 unspecified atom stereocenters. The van der Waals surface area contributed by atoms with Crippen LogP contribution in [-0.2, 0) is 14.8 Å². The van der Waals surface area contributed by atoms with Gasteiger partial charge in [-0.25, -0.2) is 13.1 Å². The predicted molar refractivity (Wildman–Crippen MR) is 112 cm³/mol. The van der Waals surface area contributed by atoms with E-state index in [1.807, 2.05) is 43.4 Å². The maximum absolute atomic E-state index is 12.5. The van der Waals surface area contributed by atoms with Gasteiger partial charge < -0.3 is 10.6 Å². The molecule has 0 fully saturated rings. The number of nitrogens with one attached hydrogen (secondary N) is 2. The van der Waals surface area contributed by atoms with Gasteiger partial charge in [-0.1, -0.05) is 29.8 Å². The second-order valence-corrected chi connectivity index (χ2v) is 9.20. The van der Waals surface area contributed by atoms with E-state index in [1.165, 1.54) is 12.1 Å². The molecule has 0 aliphatic carbocycles. The van der Waals surface area contributed by atoms with E-state index in [0.29, 0.717) is 10.7 Å². The second kappa shape index (κ2) is 9.52. The molecule has 8 heteroatoms. The lowest BCUT2D eigenvalue weighted by molar-refractivity contribution is -0.709. The van der Waals surface area contributed by atoms with Crippen molar-refractivity contribution in [2.24, 2.45) is 0 Å². The number of hydrogen-bond acceptors (Lipinski definition) is 3. The summed E-state index contributed by atoms with van der Waals surface area (Å²) in [5.41, 5.74) is 1.51. The number of sulfonamides is 1. The summed E-state index contributed by atoms with van der Waals surface area (Å²) in [6, 6.07) is 13.1. The molecule has 2 rings (SSSR count). The van der Waals surface area contributed by atoms with Crippen molar-refractivity contribution in [1.29, 1.82) is 0 Å². The highest BCUT2D eigenvalue weighted by atomic mass is 35.5. The van der Waals surface area contributed by atoms with Crippen LogP contribution in [-0.4, -0.2) is 26.4 Å². The van der Waals surface area contributed by atoms with E-state index >= 15 is 0 Å². The van der Waals surface area contributed by atoms with Gasteiger partial charge in [-0.15, -0.1) is 0 Å². The van der Waals surface area contributed by atoms with Crippen molar-refractivity contribution in [3.05, 3.63) is 59.1 Å². The number of anilines is 1. The normalized spacial score (nSPS) is 13.9. The first kappa shape index (κ1) is 22.4. The van der Waals surface area contributed by atoms with Gasteiger partial charge in [0, 0.05) is 22.3 Å². The quantitative estimate of drug-likeness (QED) is 0.608. The minimum absolute atomic E-state index is 0.0177. The minimum atomic E-state index is -3.55. The average molecular weight is 425 g/mol. The SMILES string of the molecule is CC(C)NS(=O)(=O)c1ccc(NC(=O)[C@@H](C)[NH2+][C@H](C)c2ccccc2Cl)cc1. The van der Waals surface area contributed by atoms with Gasteiger partial charge in [0.1, 0.15) is 6.04 Å². The first-order chi connectivity index (χ1) is 13.1. The number of amides is 1. The van der Waals surface area contributed by atoms with E-state index in [4.69, 9.17) is 11.6 Å². The average Bonchev–Trinajstić information content (AvgIpc) is 2.61. The van der Waals surface area contributed by atoms with Crippen LogP contribution in [0.1, 0.15) is 39.3 Å². The second-order valence-electron chi connectivity index (χ2n) is 7.08. The van der Waals surface area contributed by atoms with Crippen LogP contribution in [0.4, 0.5) is 5.69 Å². The number of halogens is 1. The summed E-state index contributed by atoms with van der Waals surface area (Å²) < 4.78 is 26.8. The Bertz CT molecular complexity index is 915. The Kier molecular flexibility index (Phi) is 7.60. The molecule has 2 aromatic rings. The van der Waals surface area contributed by atoms with Crippen molar-refractivity contribution in [2.45, 2.75) is 50.7 Å². The first-order valence-corrected chi connectivity index (χ1v) is 11.0. The Morgan fingerprint density at radius 3 is 2.18 bits per heavy atom. The largest absolute Gasteiger partial charge is 0.330 e. The third kappa shape index (κ3) is 6.04. The van der Waals surface area contributed by atoms with Gasteiger partial charge >= 0.3 is 0 Å². The smallest absolute Gasteiger partial charge is 0.282 e. The van der Waals surface area contributed by atoms with Crippen molar-refractivity contribution in [3.63, 3.8) is 0 Å². The van der Waals surface area contributed by atoms with E-state index < -0.39 is 10.0 Å². The molecule has 0 spiro atoms. The third-order valence-electron chi connectivity index (χ3n) is 4.21. The molecule has 6 nitrogen and oxygen atoms in total. The van der Waals surface area contributed by atoms with Crippen molar-refractivity contribution in [3.8, 4) is 0 Å². The molecule has 4 N–H and O–H groups in total. The van der Waals surface area contributed by atoms with Crippen LogP contribution < -0.4 is 15.4 Å². The van der Waals surface area contributed by atoms with Crippen LogP contribution >= 0.6 is 11.6 Å². The Hall–Kier alpha value is -1.93. The lowest BCUT2D eigenvalue weighted by Gasteiger charge is -2.18. The molecule has 1 amide bonds. The topological polar surface area (TPSA) is 91.9 Å². The van der Waals surface area contributed by atoms with Crippen LogP contribution in [0.25, 0.3) is 0 Å². The Morgan fingerprint density at radius 2 is 1.61 bits per heavy atom. The lowest BCUT2D eigenvalue weighted by Crippen LogP contribution is -2.91. The van der Waals surface area contributed by atoms with Gasteiger partial charge in [-0.2, -0.15) is 0 Å². The molecule has 28 heavy (non-hydrogen) atoms. The van der Waals surface area contributed by atoms with Crippen molar-refractivity contribution in [2.75, 3.05) is 5.32 Å². The van der Waals surface area contributed by atoms with E-state index in [1.54, 1.807) is 26.0 Å². The molecule has 2 aromatic carbocycles. The summed E-state index contributed by atoms with van der Waals surface area (Å²) in [4.78, 5) is 12.6. The zero-order valence-corrected chi connectivity index (χ0v) is 18.0. The monoisotopic (exact) mass is 424 g/mol. The molecule has 0 radical (unpaired) electrons. The molecule has 0 aliphatic heterocycles. The molecule has 2 atom stereocenters. The highest BCUT2D eigenvalue weighted by molar-refractivity contribution is 7.89. The van der Waals surface area contributed by atoms with Crippen molar-refractivity contribution < 1.29 is 18.5 Å². The highest BCUT2D eigenvalue weighted by Crippen LogP contribution is 2.20. The minimum Gasteiger partial charge on any atom is -0.330 e. The Labute approximate surface area is 171 Å². The van der Waals surface area contributed by atoms with Crippen LogP contribution in [0.5, 0.6) is 0 Å². The summed E-state index contributed by atoms with van der Waals surface area (Å²) in [7, 11) is -3.55. The molecule has 0 aromatic heterocycles. The first-order valence-electron chi connectivity index (χ1n) is 9.13. The van der Waals surface area contributed by atoms with E-state index in [9.17, 15) is 13.2 Å². The summed E-state index contributed by atoms with van der Waals surface area (Å²) >= 11 is 6.22. The lowest BCUT2D eigenvalue weighted by atomic mass is 10.1. The number of quaternary nitrogens is 1. The number of rotatable bonds is 8.